The highest BCUT2D eigenvalue weighted by molar-refractivity contribution is 5.92. The van der Waals surface area contributed by atoms with Gasteiger partial charge < -0.3 is 9.32 Å². The number of likely N-dealkylation sites (tertiary alicyclic amines) is 1. The standard InChI is InChI=1S/C21H27N3O2/c1-15-6-3-9-19(22-15)21(25)24-12-16-7-4-10-20(18(16)14-24)23(2)13-17-8-5-11-26-17/h3,5-6,8-9,11,16,18,20H,4,7,10,12-14H2,1-2H3/t16-,18-,20+/m0/s1. The predicted octanol–water partition coefficient (Wildman–Crippen LogP) is 3.36. The van der Waals surface area contributed by atoms with Gasteiger partial charge in [-0.05, 0) is 62.9 Å². The van der Waals surface area contributed by atoms with Gasteiger partial charge in [0, 0.05) is 24.8 Å². The molecule has 138 valence electrons. The van der Waals surface area contributed by atoms with Crippen LogP contribution in [0.1, 0.15) is 41.2 Å². The largest absolute Gasteiger partial charge is 0.468 e. The molecule has 0 aromatic carbocycles. The lowest BCUT2D eigenvalue weighted by molar-refractivity contribution is 0.0761. The lowest BCUT2D eigenvalue weighted by Gasteiger charge is -2.38. The van der Waals surface area contributed by atoms with E-state index in [4.69, 9.17) is 4.42 Å². The average Bonchev–Trinajstić information content (AvgIpc) is 3.29. The molecular weight excluding hydrogens is 326 g/mol. The molecule has 0 unspecified atom stereocenters. The Morgan fingerprint density at radius 3 is 2.92 bits per heavy atom. The minimum Gasteiger partial charge on any atom is -0.468 e. The van der Waals surface area contributed by atoms with Crippen molar-refractivity contribution in [1.82, 2.24) is 14.8 Å². The minimum atomic E-state index is 0.0792. The maximum atomic E-state index is 12.9. The summed E-state index contributed by atoms with van der Waals surface area (Å²) in [7, 11) is 2.18. The van der Waals surface area contributed by atoms with E-state index in [1.165, 1.54) is 19.3 Å². The van der Waals surface area contributed by atoms with Gasteiger partial charge >= 0.3 is 0 Å². The first kappa shape index (κ1) is 17.3. The summed E-state index contributed by atoms with van der Waals surface area (Å²) in [4.78, 5) is 21.8. The highest BCUT2D eigenvalue weighted by Gasteiger charge is 2.43. The van der Waals surface area contributed by atoms with E-state index >= 15 is 0 Å². The van der Waals surface area contributed by atoms with Crippen molar-refractivity contribution in [2.75, 3.05) is 20.1 Å². The number of carbonyl (C=O) groups is 1. The van der Waals surface area contributed by atoms with E-state index < -0.39 is 0 Å². The number of aryl methyl sites for hydroxylation is 1. The van der Waals surface area contributed by atoms with Crippen LogP contribution in [0.15, 0.2) is 41.0 Å². The zero-order valence-corrected chi connectivity index (χ0v) is 15.6. The van der Waals surface area contributed by atoms with Gasteiger partial charge in [-0.2, -0.15) is 0 Å². The van der Waals surface area contributed by atoms with Gasteiger partial charge in [-0.1, -0.05) is 12.5 Å². The van der Waals surface area contributed by atoms with Crippen molar-refractivity contribution in [3.8, 4) is 0 Å². The molecule has 26 heavy (non-hydrogen) atoms. The zero-order chi connectivity index (χ0) is 18.1. The fourth-order valence-corrected chi connectivity index (χ4v) is 4.74. The van der Waals surface area contributed by atoms with Crippen molar-refractivity contribution in [1.29, 1.82) is 0 Å². The van der Waals surface area contributed by atoms with Crippen LogP contribution >= 0.6 is 0 Å². The molecule has 1 aliphatic heterocycles. The summed E-state index contributed by atoms with van der Waals surface area (Å²) in [5, 5.41) is 0. The van der Waals surface area contributed by atoms with Gasteiger partial charge in [-0.15, -0.1) is 0 Å². The Morgan fingerprint density at radius 2 is 2.15 bits per heavy atom. The van der Waals surface area contributed by atoms with Gasteiger partial charge in [0.1, 0.15) is 11.5 Å². The number of furan rings is 1. The number of fused-ring (bicyclic) bond motifs is 1. The van der Waals surface area contributed by atoms with Gasteiger partial charge in [0.25, 0.3) is 5.91 Å². The summed E-state index contributed by atoms with van der Waals surface area (Å²) in [6.45, 7) is 4.46. The molecule has 1 amide bonds. The van der Waals surface area contributed by atoms with Crippen LogP contribution in [0.4, 0.5) is 0 Å². The first-order chi connectivity index (χ1) is 12.6. The van der Waals surface area contributed by atoms with Crippen molar-refractivity contribution in [2.24, 2.45) is 11.8 Å². The third kappa shape index (κ3) is 3.40. The highest BCUT2D eigenvalue weighted by Crippen LogP contribution is 2.39. The molecule has 1 saturated carbocycles. The number of hydrogen-bond donors (Lipinski definition) is 0. The van der Waals surface area contributed by atoms with Gasteiger partial charge in [-0.3, -0.25) is 9.69 Å². The van der Waals surface area contributed by atoms with E-state index in [0.717, 1.165) is 31.1 Å². The number of carbonyl (C=O) groups excluding carboxylic acids is 1. The van der Waals surface area contributed by atoms with E-state index in [1.54, 1.807) is 6.26 Å². The van der Waals surface area contributed by atoms with Crippen LogP contribution in [-0.2, 0) is 6.54 Å². The quantitative estimate of drug-likeness (QED) is 0.846. The normalized spacial score (nSPS) is 25.5. The SMILES string of the molecule is Cc1cccc(C(=O)N2C[C@@H]3CCC[C@@H](N(C)Cc4ccco4)[C@H]3C2)n1. The molecule has 0 bridgehead atoms. The van der Waals surface area contributed by atoms with Crippen LogP contribution in [0.25, 0.3) is 0 Å². The highest BCUT2D eigenvalue weighted by atomic mass is 16.3. The lowest BCUT2D eigenvalue weighted by Crippen LogP contribution is -2.43. The van der Waals surface area contributed by atoms with Crippen LogP contribution in [0, 0.1) is 18.8 Å². The average molecular weight is 353 g/mol. The van der Waals surface area contributed by atoms with E-state index in [9.17, 15) is 4.79 Å². The van der Waals surface area contributed by atoms with Crippen LogP contribution in [0.5, 0.6) is 0 Å². The fourth-order valence-electron chi connectivity index (χ4n) is 4.74. The molecule has 0 N–H and O–H groups in total. The summed E-state index contributed by atoms with van der Waals surface area (Å²) in [5.41, 5.74) is 1.47. The number of hydrogen-bond acceptors (Lipinski definition) is 4. The van der Waals surface area contributed by atoms with Gasteiger partial charge in [0.05, 0.1) is 12.8 Å². The number of rotatable bonds is 4. The molecule has 2 aromatic heterocycles. The molecule has 5 nitrogen and oxygen atoms in total. The molecule has 5 heteroatoms. The molecule has 2 aliphatic rings. The van der Waals surface area contributed by atoms with Crippen molar-refractivity contribution in [3.05, 3.63) is 53.7 Å². The summed E-state index contributed by atoms with van der Waals surface area (Å²) in [6, 6.07) is 10.2. The Hall–Kier alpha value is -2.14. The zero-order valence-electron chi connectivity index (χ0n) is 15.6. The van der Waals surface area contributed by atoms with Crippen molar-refractivity contribution >= 4 is 5.91 Å². The number of nitrogens with zero attached hydrogens (tertiary/aromatic N) is 3. The second kappa shape index (κ2) is 7.23. The Morgan fingerprint density at radius 1 is 1.27 bits per heavy atom. The summed E-state index contributed by atoms with van der Waals surface area (Å²) < 4.78 is 5.52. The van der Waals surface area contributed by atoms with Gasteiger partial charge in [0.15, 0.2) is 0 Å². The van der Waals surface area contributed by atoms with Crippen LogP contribution < -0.4 is 0 Å². The van der Waals surface area contributed by atoms with Crippen molar-refractivity contribution in [2.45, 2.75) is 38.8 Å². The molecule has 3 atom stereocenters. The van der Waals surface area contributed by atoms with E-state index in [1.807, 2.05) is 42.2 Å². The molecular formula is C21H27N3O2. The molecule has 0 spiro atoms. The Balaban J connectivity index is 1.46. The predicted molar refractivity (Wildman–Crippen MR) is 99.7 cm³/mol. The molecule has 0 radical (unpaired) electrons. The van der Waals surface area contributed by atoms with E-state index in [0.29, 0.717) is 23.6 Å². The monoisotopic (exact) mass is 353 g/mol. The fraction of sp³-hybridized carbons (Fsp3) is 0.524. The maximum Gasteiger partial charge on any atom is 0.272 e. The third-order valence-corrected chi connectivity index (χ3v) is 6.01. The Bertz CT molecular complexity index is 758. The van der Waals surface area contributed by atoms with Crippen LogP contribution in [0.2, 0.25) is 0 Å². The molecule has 1 aliphatic carbocycles. The van der Waals surface area contributed by atoms with Gasteiger partial charge in [-0.25, -0.2) is 4.98 Å². The minimum absolute atomic E-state index is 0.0792. The van der Waals surface area contributed by atoms with Gasteiger partial charge in [0.2, 0.25) is 0 Å². The molecule has 1 saturated heterocycles. The molecule has 2 fully saturated rings. The first-order valence-corrected chi connectivity index (χ1v) is 9.57. The van der Waals surface area contributed by atoms with Crippen LogP contribution in [-0.4, -0.2) is 46.9 Å². The second-order valence-electron chi connectivity index (χ2n) is 7.79. The first-order valence-electron chi connectivity index (χ1n) is 9.57. The van der Waals surface area contributed by atoms with Crippen molar-refractivity contribution in [3.63, 3.8) is 0 Å². The molecule has 2 aromatic rings. The molecule has 4 rings (SSSR count). The third-order valence-electron chi connectivity index (χ3n) is 6.01. The summed E-state index contributed by atoms with van der Waals surface area (Å²) in [6.07, 6.45) is 5.39. The number of amides is 1. The number of pyridine rings is 1. The molecule has 3 heterocycles. The lowest BCUT2D eigenvalue weighted by atomic mass is 9.77. The summed E-state index contributed by atoms with van der Waals surface area (Å²) >= 11 is 0. The number of aromatic nitrogens is 1. The smallest absolute Gasteiger partial charge is 0.272 e. The van der Waals surface area contributed by atoms with E-state index in [-0.39, 0.29) is 5.91 Å². The topological polar surface area (TPSA) is 49.6 Å². The Kier molecular flexibility index (Phi) is 4.81. The van der Waals surface area contributed by atoms with Crippen molar-refractivity contribution < 1.29 is 9.21 Å². The maximum absolute atomic E-state index is 12.9. The van der Waals surface area contributed by atoms with Crippen LogP contribution in [0.3, 0.4) is 0 Å². The summed E-state index contributed by atoms with van der Waals surface area (Å²) in [5.74, 6) is 2.22. The Labute approximate surface area is 155 Å². The van der Waals surface area contributed by atoms with E-state index in [2.05, 4.69) is 16.9 Å². The second-order valence-corrected chi connectivity index (χ2v) is 7.79.